The first kappa shape index (κ1) is 13.3. The molecule has 1 N–H and O–H groups in total. The molecular formula is C12H21N3S. The van der Waals surface area contributed by atoms with E-state index in [2.05, 4.69) is 36.1 Å². The maximum atomic E-state index is 4.60. The number of rotatable bonds is 6. The SMILES string of the molecule is CCCSCc1nc(CC)c(C)c(NC)n1. The minimum absolute atomic E-state index is 0.912. The van der Waals surface area contributed by atoms with E-state index in [1.54, 1.807) is 0 Å². The summed E-state index contributed by atoms with van der Waals surface area (Å²) >= 11 is 1.90. The third-order valence-electron chi connectivity index (χ3n) is 2.44. The summed E-state index contributed by atoms with van der Waals surface area (Å²) in [5, 5.41) is 3.14. The Kier molecular flexibility index (Phi) is 5.60. The van der Waals surface area contributed by atoms with Crippen molar-refractivity contribution in [1.82, 2.24) is 9.97 Å². The number of hydrogen-bond donors (Lipinski definition) is 1. The zero-order chi connectivity index (χ0) is 12.0. The standard InChI is InChI=1S/C12H21N3S/c1-5-7-16-8-11-14-10(6-2)9(3)12(13-4)15-11/h5-8H2,1-4H3,(H,13,14,15). The van der Waals surface area contributed by atoms with Gasteiger partial charge in [-0.2, -0.15) is 11.8 Å². The van der Waals surface area contributed by atoms with Crippen LogP contribution >= 0.6 is 11.8 Å². The van der Waals surface area contributed by atoms with Crippen LogP contribution in [-0.4, -0.2) is 22.8 Å². The predicted octanol–water partition coefficient (Wildman–Crippen LogP) is 3.03. The molecule has 0 spiro atoms. The average Bonchev–Trinajstić information content (AvgIpc) is 2.31. The Morgan fingerprint density at radius 1 is 1.25 bits per heavy atom. The maximum absolute atomic E-state index is 4.60. The number of nitrogens with one attached hydrogen (secondary N) is 1. The van der Waals surface area contributed by atoms with Gasteiger partial charge in [0.1, 0.15) is 11.6 Å². The second kappa shape index (κ2) is 6.74. The molecule has 0 aliphatic rings. The molecule has 3 nitrogen and oxygen atoms in total. The molecule has 0 aliphatic carbocycles. The summed E-state index contributed by atoms with van der Waals surface area (Å²) in [5.41, 5.74) is 2.33. The highest BCUT2D eigenvalue weighted by Crippen LogP contribution is 2.18. The molecule has 0 radical (unpaired) electrons. The molecule has 0 aliphatic heterocycles. The van der Waals surface area contributed by atoms with E-state index in [-0.39, 0.29) is 0 Å². The van der Waals surface area contributed by atoms with Crippen LogP contribution < -0.4 is 5.32 Å². The summed E-state index contributed by atoms with van der Waals surface area (Å²) in [6.07, 6.45) is 2.17. The lowest BCUT2D eigenvalue weighted by Gasteiger charge is -2.10. The predicted molar refractivity (Wildman–Crippen MR) is 72.1 cm³/mol. The van der Waals surface area contributed by atoms with Crippen molar-refractivity contribution in [3.8, 4) is 0 Å². The molecule has 1 rings (SSSR count). The van der Waals surface area contributed by atoms with E-state index in [1.165, 1.54) is 17.7 Å². The molecule has 0 aromatic carbocycles. The van der Waals surface area contributed by atoms with Gasteiger partial charge in [-0.3, -0.25) is 0 Å². The van der Waals surface area contributed by atoms with Crippen LogP contribution in [0.4, 0.5) is 5.82 Å². The van der Waals surface area contributed by atoms with Gasteiger partial charge in [0.15, 0.2) is 0 Å². The van der Waals surface area contributed by atoms with E-state index in [1.807, 2.05) is 18.8 Å². The van der Waals surface area contributed by atoms with E-state index < -0.39 is 0 Å². The summed E-state index contributed by atoms with van der Waals surface area (Å²) in [6.45, 7) is 6.41. The monoisotopic (exact) mass is 239 g/mol. The Morgan fingerprint density at radius 3 is 2.56 bits per heavy atom. The Balaban J connectivity index is 2.84. The van der Waals surface area contributed by atoms with Gasteiger partial charge < -0.3 is 5.32 Å². The fourth-order valence-corrected chi connectivity index (χ4v) is 2.32. The molecule has 16 heavy (non-hydrogen) atoms. The second-order valence-corrected chi connectivity index (χ2v) is 4.82. The number of anilines is 1. The minimum atomic E-state index is 0.912. The summed E-state index contributed by atoms with van der Waals surface area (Å²) in [7, 11) is 1.91. The molecule has 0 unspecified atom stereocenters. The van der Waals surface area contributed by atoms with Gasteiger partial charge in [0, 0.05) is 18.3 Å². The maximum Gasteiger partial charge on any atom is 0.140 e. The summed E-state index contributed by atoms with van der Waals surface area (Å²) in [5.74, 6) is 4.01. The molecular weight excluding hydrogens is 218 g/mol. The average molecular weight is 239 g/mol. The van der Waals surface area contributed by atoms with E-state index >= 15 is 0 Å². The van der Waals surface area contributed by atoms with Crippen LogP contribution in [0.25, 0.3) is 0 Å². The number of aromatic nitrogens is 2. The highest BCUT2D eigenvalue weighted by atomic mass is 32.2. The summed E-state index contributed by atoms with van der Waals surface area (Å²) < 4.78 is 0. The van der Waals surface area contributed by atoms with E-state index in [0.29, 0.717) is 0 Å². The van der Waals surface area contributed by atoms with Gasteiger partial charge in [-0.25, -0.2) is 9.97 Å². The minimum Gasteiger partial charge on any atom is -0.373 e. The first-order valence-electron chi connectivity index (χ1n) is 5.84. The largest absolute Gasteiger partial charge is 0.373 e. The third-order valence-corrected chi connectivity index (χ3v) is 3.60. The van der Waals surface area contributed by atoms with Crippen molar-refractivity contribution in [2.45, 2.75) is 39.4 Å². The van der Waals surface area contributed by atoms with Crippen molar-refractivity contribution in [2.75, 3.05) is 18.1 Å². The number of nitrogens with zero attached hydrogens (tertiary/aromatic N) is 2. The zero-order valence-electron chi connectivity index (χ0n) is 10.6. The lowest BCUT2D eigenvalue weighted by Crippen LogP contribution is -2.06. The van der Waals surface area contributed by atoms with Crippen molar-refractivity contribution in [3.05, 3.63) is 17.1 Å². The van der Waals surface area contributed by atoms with E-state index in [9.17, 15) is 0 Å². The molecule has 90 valence electrons. The van der Waals surface area contributed by atoms with Crippen LogP contribution in [0, 0.1) is 6.92 Å². The molecule has 0 amide bonds. The van der Waals surface area contributed by atoms with Crippen molar-refractivity contribution >= 4 is 17.6 Å². The van der Waals surface area contributed by atoms with Gasteiger partial charge in [0.05, 0.1) is 5.75 Å². The van der Waals surface area contributed by atoms with Gasteiger partial charge in [0.25, 0.3) is 0 Å². The van der Waals surface area contributed by atoms with E-state index in [0.717, 1.165) is 29.5 Å². The highest BCUT2D eigenvalue weighted by Gasteiger charge is 2.08. The normalized spacial score (nSPS) is 10.5. The molecule has 0 bridgehead atoms. The van der Waals surface area contributed by atoms with Crippen LogP contribution in [0.1, 0.15) is 37.4 Å². The molecule has 0 saturated heterocycles. The lowest BCUT2D eigenvalue weighted by atomic mass is 10.2. The highest BCUT2D eigenvalue weighted by molar-refractivity contribution is 7.98. The van der Waals surface area contributed by atoms with Gasteiger partial charge in [0.2, 0.25) is 0 Å². The van der Waals surface area contributed by atoms with Crippen LogP contribution in [0.5, 0.6) is 0 Å². The van der Waals surface area contributed by atoms with Crippen molar-refractivity contribution in [1.29, 1.82) is 0 Å². The third kappa shape index (κ3) is 3.37. The van der Waals surface area contributed by atoms with E-state index in [4.69, 9.17) is 0 Å². The molecule has 1 heterocycles. The Bertz CT molecular complexity index is 314. The van der Waals surface area contributed by atoms with Crippen LogP contribution in [0.15, 0.2) is 0 Å². The second-order valence-electron chi connectivity index (χ2n) is 3.72. The molecule has 0 saturated carbocycles. The summed E-state index contributed by atoms with van der Waals surface area (Å²) in [6, 6.07) is 0. The fraction of sp³-hybridized carbons (Fsp3) is 0.667. The lowest BCUT2D eigenvalue weighted by molar-refractivity contribution is 0.919. The van der Waals surface area contributed by atoms with Gasteiger partial charge in [-0.1, -0.05) is 13.8 Å². The van der Waals surface area contributed by atoms with Crippen molar-refractivity contribution < 1.29 is 0 Å². The van der Waals surface area contributed by atoms with Crippen LogP contribution in [0.2, 0.25) is 0 Å². The number of hydrogen-bond acceptors (Lipinski definition) is 4. The zero-order valence-corrected chi connectivity index (χ0v) is 11.4. The smallest absolute Gasteiger partial charge is 0.140 e. The molecule has 1 aromatic heterocycles. The fourth-order valence-electron chi connectivity index (χ4n) is 1.57. The quantitative estimate of drug-likeness (QED) is 0.774. The van der Waals surface area contributed by atoms with Gasteiger partial charge in [-0.05, 0) is 25.5 Å². The Hall–Kier alpha value is -0.770. The molecule has 0 atom stereocenters. The summed E-state index contributed by atoms with van der Waals surface area (Å²) in [4.78, 5) is 9.13. The number of aryl methyl sites for hydroxylation is 1. The van der Waals surface area contributed by atoms with Crippen LogP contribution in [-0.2, 0) is 12.2 Å². The first-order chi connectivity index (χ1) is 7.72. The molecule has 4 heteroatoms. The Labute approximate surface area is 102 Å². The van der Waals surface area contributed by atoms with Crippen molar-refractivity contribution in [2.24, 2.45) is 0 Å². The molecule has 0 fully saturated rings. The van der Waals surface area contributed by atoms with Crippen LogP contribution in [0.3, 0.4) is 0 Å². The topological polar surface area (TPSA) is 37.8 Å². The Morgan fingerprint density at radius 2 is 2.00 bits per heavy atom. The van der Waals surface area contributed by atoms with Gasteiger partial charge in [-0.15, -0.1) is 0 Å². The van der Waals surface area contributed by atoms with Crippen molar-refractivity contribution in [3.63, 3.8) is 0 Å². The first-order valence-corrected chi connectivity index (χ1v) is 7.00. The van der Waals surface area contributed by atoms with Gasteiger partial charge >= 0.3 is 0 Å². The molecule has 1 aromatic rings. The number of thioether (sulfide) groups is 1.